The fourth-order valence-corrected chi connectivity index (χ4v) is 16.9. The second-order valence-electron chi connectivity index (χ2n) is 25.9. The first-order valence-electron chi connectivity index (χ1n) is 29.5. The van der Waals surface area contributed by atoms with E-state index in [0.717, 1.165) is 32.1 Å². The number of hydrogen-bond acceptors (Lipinski definition) is 25. The summed E-state index contributed by atoms with van der Waals surface area (Å²) in [5.41, 5.74) is -0.405. The highest BCUT2D eigenvalue weighted by Gasteiger charge is 2.70. The zero-order valence-electron chi connectivity index (χ0n) is 46.6. The Labute approximate surface area is 475 Å². The lowest BCUT2D eigenvalue weighted by Gasteiger charge is -2.63. The smallest absolute Gasteiger partial charge is 0.338 e. The summed E-state index contributed by atoms with van der Waals surface area (Å²) in [4.78, 5) is 13.1. The molecule has 4 aliphatic carbocycles. The Bertz CT molecular complexity index is 2310. The number of fused-ring (bicyclic) bond motifs is 7. The van der Waals surface area contributed by atoms with E-state index in [9.17, 15) is 71.2 Å². The highest BCUT2D eigenvalue weighted by atomic mass is 16.8. The van der Waals surface area contributed by atoms with E-state index in [0.29, 0.717) is 30.8 Å². The van der Waals surface area contributed by atoms with Gasteiger partial charge in [0.2, 0.25) is 0 Å². The standard InChI is InChI=1S/C57H86O25/c1-23-10-13-57(73-21-23)24(2)38-34(82-57)15-28-26-14-30(61)29-16-33(31(62)17-56(29,4)27(26)11-12-55(28,38)3)74-52-44(69)42(67)47(37(20-60)77-52)79-54-49(81-53-43(68)41(66)39(64)35(18-58)75-53)48(40(65)36(19-59)76-54)80-51-45(70)46(32(63)22-72-51)78-50(71)25-8-6-5-7-9-25/h5-9,23-24,26-49,51-54,58-70H,10-22H2,1-4H3. The predicted octanol–water partition coefficient (Wildman–Crippen LogP) is -2.46. The number of aliphatic hydroxyl groups is 13. The number of aliphatic hydroxyl groups excluding tert-OH is 13. The Hall–Kier alpha value is -2.23. The maximum atomic E-state index is 13.1. The van der Waals surface area contributed by atoms with E-state index in [2.05, 4.69) is 27.7 Å². The number of esters is 1. The molecule has 82 heavy (non-hydrogen) atoms. The molecular formula is C57H86O25. The van der Waals surface area contributed by atoms with Gasteiger partial charge in [0, 0.05) is 12.3 Å². The molecule has 6 heterocycles. The summed E-state index contributed by atoms with van der Waals surface area (Å²) >= 11 is 0. The van der Waals surface area contributed by atoms with Crippen molar-refractivity contribution in [1.29, 1.82) is 0 Å². The second kappa shape index (κ2) is 24.0. The van der Waals surface area contributed by atoms with Crippen molar-refractivity contribution in [3.8, 4) is 0 Å². The lowest BCUT2D eigenvalue weighted by atomic mass is 9.43. The second-order valence-corrected chi connectivity index (χ2v) is 25.9. The average molecular weight is 1170 g/mol. The molecule has 25 nitrogen and oxygen atoms in total. The van der Waals surface area contributed by atoms with Gasteiger partial charge in [-0.15, -0.1) is 0 Å². The molecule has 1 spiro atoms. The fraction of sp³-hybridized carbons (Fsp3) is 0.877. The maximum Gasteiger partial charge on any atom is 0.338 e. The first-order valence-corrected chi connectivity index (χ1v) is 29.5. The van der Waals surface area contributed by atoms with Crippen molar-refractivity contribution < 1.29 is 123 Å². The van der Waals surface area contributed by atoms with Crippen LogP contribution in [0.4, 0.5) is 0 Å². The first kappa shape index (κ1) is 61.4. The van der Waals surface area contributed by atoms with Crippen LogP contribution in [-0.4, -0.2) is 252 Å². The number of hydrogen-bond donors (Lipinski definition) is 13. The van der Waals surface area contributed by atoms with Gasteiger partial charge < -0.3 is 118 Å². The summed E-state index contributed by atoms with van der Waals surface area (Å²) < 4.78 is 67.2. The summed E-state index contributed by atoms with van der Waals surface area (Å²) in [6.45, 7) is 6.46. The lowest BCUT2D eigenvalue weighted by Crippen LogP contribution is -2.68. The third-order valence-electron chi connectivity index (χ3n) is 21.3. The molecule has 6 aliphatic heterocycles. The Morgan fingerprint density at radius 1 is 0.573 bits per heavy atom. The van der Waals surface area contributed by atoms with Crippen molar-refractivity contribution in [2.24, 2.45) is 52.3 Å². The van der Waals surface area contributed by atoms with Gasteiger partial charge in [-0.25, -0.2) is 4.79 Å². The number of benzene rings is 1. The van der Waals surface area contributed by atoms with Crippen LogP contribution >= 0.6 is 0 Å². The molecule has 10 fully saturated rings. The number of ether oxygens (including phenoxy) is 11. The van der Waals surface area contributed by atoms with Crippen LogP contribution in [0.15, 0.2) is 30.3 Å². The van der Waals surface area contributed by atoms with Crippen LogP contribution < -0.4 is 0 Å². The molecule has 0 bridgehead atoms. The van der Waals surface area contributed by atoms with E-state index in [-0.39, 0.29) is 53.6 Å². The van der Waals surface area contributed by atoms with Gasteiger partial charge in [-0.05, 0) is 103 Å². The maximum absolute atomic E-state index is 13.1. The minimum atomic E-state index is -2.07. The normalized spacial score (nSPS) is 53.9. The number of carbonyl (C=O) groups excluding carboxylic acids is 1. The molecule has 11 rings (SSSR count). The van der Waals surface area contributed by atoms with Gasteiger partial charge in [0.1, 0.15) is 85.5 Å². The van der Waals surface area contributed by atoms with E-state index in [1.54, 1.807) is 18.2 Å². The highest BCUT2D eigenvalue weighted by molar-refractivity contribution is 5.89. The third-order valence-corrected chi connectivity index (χ3v) is 21.3. The number of carbonyl (C=O) groups is 1. The Morgan fingerprint density at radius 2 is 1.22 bits per heavy atom. The Balaban J connectivity index is 0.790. The van der Waals surface area contributed by atoms with Crippen LogP contribution in [0.3, 0.4) is 0 Å². The Morgan fingerprint density at radius 3 is 1.91 bits per heavy atom. The van der Waals surface area contributed by atoms with Crippen molar-refractivity contribution in [3.05, 3.63) is 35.9 Å². The molecule has 464 valence electrons. The van der Waals surface area contributed by atoms with Crippen LogP contribution in [0.2, 0.25) is 0 Å². The topological polar surface area (TPSA) is 382 Å². The molecule has 1 aromatic carbocycles. The van der Waals surface area contributed by atoms with Crippen molar-refractivity contribution in [2.45, 2.75) is 226 Å². The van der Waals surface area contributed by atoms with E-state index in [1.165, 1.54) is 12.1 Å². The molecule has 10 aliphatic rings. The van der Waals surface area contributed by atoms with E-state index >= 15 is 0 Å². The van der Waals surface area contributed by atoms with Crippen molar-refractivity contribution in [2.75, 3.05) is 33.0 Å². The van der Waals surface area contributed by atoms with E-state index in [1.807, 2.05) is 0 Å². The molecule has 6 saturated heterocycles. The molecule has 33 unspecified atom stereocenters. The van der Waals surface area contributed by atoms with Crippen LogP contribution in [0.1, 0.15) is 89.4 Å². The van der Waals surface area contributed by atoms with E-state index < -0.39 is 179 Å². The monoisotopic (exact) mass is 1170 g/mol. The summed E-state index contributed by atoms with van der Waals surface area (Å²) in [6, 6.07) is 7.68. The first-order chi connectivity index (χ1) is 39.1. The fourth-order valence-electron chi connectivity index (χ4n) is 16.9. The lowest BCUT2D eigenvalue weighted by molar-refractivity contribution is -0.404. The molecule has 0 radical (unpaired) electrons. The SMILES string of the molecule is CC1CCC2(OC1)OC1CC3C4CC(O)C5CC(OC6OC(CO)C(OC7OC(CO)C(O)C(OC8OCC(O)C(OC(=O)c9ccccc9)C8O)C7OC7OC(CO)C(O)C(O)C7O)C(O)C6O)C(O)CC5(C)C4CCC3(C)C1C2C. The zero-order valence-corrected chi connectivity index (χ0v) is 46.6. The molecule has 25 heteroatoms. The minimum absolute atomic E-state index is 0.00700. The summed E-state index contributed by atoms with van der Waals surface area (Å²) in [6.07, 6.45) is -32.0. The van der Waals surface area contributed by atoms with Crippen molar-refractivity contribution in [1.82, 2.24) is 0 Å². The molecule has 33 atom stereocenters. The summed E-state index contributed by atoms with van der Waals surface area (Å²) in [7, 11) is 0. The quantitative estimate of drug-likeness (QED) is 0.0719. The molecule has 1 aromatic rings. The van der Waals surface area contributed by atoms with Crippen molar-refractivity contribution >= 4 is 5.97 Å². The van der Waals surface area contributed by atoms with E-state index in [4.69, 9.17) is 52.1 Å². The van der Waals surface area contributed by atoms with Crippen LogP contribution in [-0.2, 0) is 52.1 Å². The number of rotatable bonds is 13. The van der Waals surface area contributed by atoms with Gasteiger partial charge in [0.25, 0.3) is 0 Å². The summed E-state index contributed by atoms with van der Waals surface area (Å²) in [5.74, 6) is -0.0239. The van der Waals surface area contributed by atoms with Crippen LogP contribution in [0, 0.1) is 52.3 Å². The molecule has 0 aromatic heterocycles. The van der Waals surface area contributed by atoms with Gasteiger partial charge in [0.15, 0.2) is 37.1 Å². The van der Waals surface area contributed by atoms with Gasteiger partial charge in [-0.3, -0.25) is 0 Å². The minimum Gasteiger partial charge on any atom is -0.453 e. The molecule has 0 amide bonds. The average Bonchev–Trinajstić information content (AvgIpc) is 1.53. The van der Waals surface area contributed by atoms with Crippen LogP contribution in [0.5, 0.6) is 0 Å². The van der Waals surface area contributed by atoms with Crippen molar-refractivity contribution in [3.63, 3.8) is 0 Å². The molecular weight excluding hydrogens is 1080 g/mol. The van der Waals surface area contributed by atoms with Gasteiger partial charge >= 0.3 is 5.97 Å². The Kier molecular flexibility index (Phi) is 18.0. The zero-order chi connectivity index (χ0) is 58.5. The van der Waals surface area contributed by atoms with Gasteiger partial charge in [0.05, 0.1) is 63.0 Å². The summed E-state index contributed by atoms with van der Waals surface area (Å²) in [5, 5.41) is 146. The molecule has 13 N–H and O–H groups in total. The third kappa shape index (κ3) is 10.7. The van der Waals surface area contributed by atoms with Crippen LogP contribution in [0.25, 0.3) is 0 Å². The predicted molar refractivity (Wildman–Crippen MR) is 275 cm³/mol. The van der Waals surface area contributed by atoms with Gasteiger partial charge in [-0.1, -0.05) is 45.9 Å². The van der Waals surface area contributed by atoms with Gasteiger partial charge in [-0.2, -0.15) is 0 Å². The molecule has 4 saturated carbocycles. The largest absolute Gasteiger partial charge is 0.453 e. The highest BCUT2D eigenvalue weighted by Crippen LogP contribution is 2.71.